The quantitative estimate of drug-likeness (QED) is 0.556. The van der Waals surface area contributed by atoms with E-state index in [1.165, 1.54) is 25.9 Å². The molecule has 2 rings (SSSR count). The summed E-state index contributed by atoms with van der Waals surface area (Å²) in [5, 5.41) is 6.83. The number of nitrogens with zero attached hydrogens (tertiary/aromatic N) is 3. The summed E-state index contributed by atoms with van der Waals surface area (Å²) in [7, 11) is 5.36. The minimum absolute atomic E-state index is 0.0355. The van der Waals surface area contributed by atoms with Crippen molar-refractivity contribution in [2.24, 2.45) is 10.9 Å². The molecule has 2 N–H and O–H groups in total. The lowest BCUT2D eigenvalue weighted by atomic mass is 9.99. The Hall–Kier alpha value is -2.08. The van der Waals surface area contributed by atoms with Crippen molar-refractivity contribution in [3.05, 3.63) is 35.4 Å². The number of amides is 1. The third-order valence-corrected chi connectivity index (χ3v) is 5.39. The highest BCUT2D eigenvalue weighted by molar-refractivity contribution is 5.94. The summed E-state index contributed by atoms with van der Waals surface area (Å²) in [6, 6.07) is 8.34. The van der Waals surface area contributed by atoms with Gasteiger partial charge in [-0.05, 0) is 56.3 Å². The number of guanidine groups is 1. The molecule has 6 heteroatoms. The van der Waals surface area contributed by atoms with Gasteiger partial charge in [0.1, 0.15) is 0 Å². The van der Waals surface area contributed by atoms with Crippen LogP contribution in [0.25, 0.3) is 0 Å². The fourth-order valence-corrected chi connectivity index (χ4v) is 3.66. The largest absolute Gasteiger partial charge is 0.356 e. The van der Waals surface area contributed by atoms with Gasteiger partial charge in [0, 0.05) is 52.4 Å². The molecule has 1 heterocycles. The molecule has 0 aliphatic carbocycles. The van der Waals surface area contributed by atoms with Gasteiger partial charge in [-0.25, -0.2) is 0 Å². The number of hydrogen-bond donors (Lipinski definition) is 2. The van der Waals surface area contributed by atoms with E-state index in [-0.39, 0.29) is 5.91 Å². The monoisotopic (exact) mass is 387 g/mol. The van der Waals surface area contributed by atoms with Gasteiger partial charge in [-0.1, -0.05) is 19.1 Å². The summed E-state index contributed by atoms with van der Waals surface area (Å²) in [5.41, 5.74) is 1.88. The van der Waals surface area contributed by atoms with Crippen molar-refractivity contribution in [2.75, 3.05) is 47.3 Å². The first-order chi connectivity index (χ1) is 13.4. The minimum atomic E-state index is 0.0355. The molecule has 1 aliphatic heterocycles. The highest BCUT2D eigenvalue weighted by Crippen LogP contribution is 2.17. The zero-order valence-corrected chi connectivity index (χ0v) is 18.2. The Balaban J connectivity index is 1.76. The Morgan fingerprint density at radius 2 is 2.14 bits per heavy atom. The molecular weight excluding hydrogens is 350 g/mol. The molecule has 0 saturated carbocycles. The van der Waals surface area contributed by atoms with Crippen molar-refractivity contribution < 1.29 is 4.79 Å². The molecule has 1 aliphatic rings. The third-order valence-electron chi connectivity index (χ3n) is 5.39. The molecule has 0 bridgehead atoms. The van der Waals surface area contributed by atoms with E-state index in [4.69, 9.17) is 0 Å². The van der Waals surface area contributed by atoms with E-state index >= 15 is 0 Å². The predicted octanol–water partition coefficient (Wildman–Crippen LogP) is 2.22. The number of rotatable bonds is 7. The normalized spacial score (nSPS) is 19.2. The van der Waals surface area contributed by atoms with Crippen molar-refractivity contribution in [2.45, 2.75) is 39.2 Å². The lowest BCUT2D eigenvalue weighted by Crippen LogP contribution is -2.48. The van der Waals surface area contributed by atoms with Crippen LogP contribution in [0.2, 0.25) is 0 Å². The van der Waals surface area contributed by atoms with Crippen molar-refractivity contribution >= 4 is 11.9 Å². The second-order valence-electron chi connectivity index (χ2n) is 8.12. The van der Waals surface area contributed by atoms with E-state index in [2.05, 4.69) is 40.4 Å². The maximum absolute atomic E-state index is 12.1. The van der Waals surface area contributed by atoms with Gasteiger partial charge in [0.2, 0.25) is 0 Å². The van der Waals surface area contributed by atoms with Crippen molar-refractivity contribution in [3.63, 3.8) is 0 Å². The summed E-state index contributed by atoms with van der Waals surface area (Å²) in [6.07, 6.45) is 3.49. The van der Waals surface area contributed by atoms with Gasteiger partial charge in [-0.3, -0.25) is 14.7 Å². The zero-order chi connectivity index (χ0) is 20.5. The van der Waals surface area contributed by atoms with Crippen LogP contribution in [0.15, 0.2) is 29.3 Å². The third kappa shape index (κ3) is 6.82. The molecule has 28 heavy (non-hydrogen) atoms. The summed E-state index contributed by atoms with van der Waals surface area (Å²) >= 11 is 0. The fourth-order valence-electron chi connectivity index (χ4n) is 3.66. The maximum atomic E-state index is 12.1. The second-order valence-corrected chi connectivity index (χ2v) is 8.12. The number of carbonyl (C=O) groups excluding carboxylic acids is 1. The Morgan fingerprint density at radius 1 is 1.36 bits per heavy atom. The number of aliphatic imine (C=N–C) groups is 1. The van der Waals surface area contributed by atoms with Crippen LogP contribution in [0, 0.1) is 5.92 Å². The predicted molar refractivity (Wildman–Crippen MR) is 117 cm³/mol. The van der Waals surface area contributed by atoms with Crippen molar-refractivity contribution in [1.29, 1.82) is 0 Å². The highest BCUT2D eigenvalue weighted by Gasteiger charge is 2.20. The molecule has 1 amide bonds. The number of benzene rings is 1. The van der Waals surface area contributed by atoms with Gasteiger partial charge >= 0.3 is 0 Å². The fraction of sp³-hybridized carbons (Fsp3) is 0.636. The number of carbonyl (C=O) groups is 1. The van der Waals surface area contributed by atoms with Crippen LogP contribution in [0.1, 0.15) is 42.6 Å². The molecule has 6 nitrogen and oxygen atoms in total. The lowest BCUT2D eigenvalue weighted by Gasteiger charge is -2.35. The first-order valence-electron chi connectivity index (χ1n) is 10.4. The van der Waals surface area contributed by atoms with Crippen LogP contribution in [-0.4, -0.2) is 75.0 Å². The van der Waals surface area contributed by atoms with Crippen LogP contribution in [0.4, 0.5) is 0 Å². The van der Waals surface area contributed by atoms with E-state index in [9.17, 15) is 4.79 Å². The second kappa shape index (κ2) is 11.1. The molecule has 1 fully saturated rings. The van der Waals surface area contributed by atoms with Crippen LogP contribution < -0.4 is 10.6 Å². The van der Waals surface area contributed by atoms with Crippen LogP contribution in [-0.2, 0) is 6.42 Å². The Labute approximate surface area is 170 Å². The maximum Gasteiger partial charge on any atom is 0.253 e. The van der Waals surface area contributed by atoms with E-state index in [1.54, 1.807) is 26.0 Å². The molecule has 2 atom stereocenters. The van der Waals surface area contributed by atoms with Gasteiger partial charge < -0.3 is 15.5 Å². The van der Waals surface area contributed by atoms with E-state index < -0.39 is 0 Å². The van der Waals surface area contributed by atoms with Gasteiger partial charge in [0.25, 0.3) is 5.91 Å². The Kier molecular flexibility index (Phi) is 8.77. The molecule has 1 aromatic carbocycles. The van der Waals surface area contributed by atoms with Gasteiger partial charge in [0.15, 0.2) is 5.96 Å². The lowest BCUT2D eigenvalue weighted by molar-refractivity contribution is 0.0827. The first kappa shape index (κ1) is 22.2. The number of likely N-dealkylation sites (tertiary alicyclic amines) is 1. The molecule has 1 saturated heterocycles. The number of nitrogens with one attached hydrogen (secondary N) is 2. The smallest absolute Gasteiger partial charge is 0.253 e. The molecular formula is C22H37N5O. The molecule has 2 unspecified atom stereocenters. The average Bonchev–Trinajstić information content (AvgIpc) is 2.69. The van der Waals surface area contributed by atoms with Gasteiger partial charge in [0.05, 0.1) is 0 Å². The summed E-state index contributed by atoms with van der Waals surface area (Å²) < 4.78 is 0. The van der Waals surface area contributed by atoms with E-state index in [0.717, 1.165) is 42.5 Å². The molecule has 0 radical (unpaired) electrons. The van der Waals surface area contributed by atoms with Gasteiger partial charge in [-0.15, -0.1) is 0 Å². The number of piperidine rings is 1. The SMILES string of the molecule is CN=C(NCCc1cccc(C(=O)N(C)C)c1)NCC(C)N1CCCC(C)C1. The molecule has 0 aromatic heterocycles. The van der Waals surface area contributed by atoms with Crippen LogP contribution >= 0.6 is 0 Å². The van der Waals surface area contributed by atoms with E-state index in [1.807, 2.05) is 18.2 Å². The van der Waals surface area contributed by atoms with Crippen LogP contribution in [0.3, 0.4) is 0 Å². The summed E-state index contributed by atoms with van der Waals surface area (Å²) in [4.78, 5) is 20.6. The Bertz CT molecular complexity index is 658. The van der Waals surface area contributed by atoms with Gasteiger partial charge in [-0.2, -0.15) is 0 Å². The Morgan fingerprint density at radius 3 is 2.82 bits per heavy atom. The van der Waals surface area contributed by atoms with Crippen molar-refractivity contribution in [3.8, 4) is 0 Å². The van der Waals surface area contributed by atoms with E-state index in [0.29, 0.717) is 6.04 Å². The molecule has 1 aromatic rings. The minimum Gasteiger partial charge on any atom is -0.356 e. The molecule has 156 valence electrons. The molecule has 0 spiro atoms. The standard InChI is InChI=1S/C22H37N5O/c1-17-8-7-13-27(16-17)18(2)15-25-22(23-3)24-12-11-19-9-6-10-20(14-19)21(28)26(4)5/h6,9-10,14,17-18H,7-8,11-13,15-16H2,1-5H3,(H2,23,24,25). The zero-order valence-electron chi connectivity index (χ0n) is 18.2. The number of hydrogen-bond acceptors (Lipinski definition) is 3. The van der Waals surface area contributed by atoms with Crippen molar-refractivity contribution in [1.82, 2.24) is 20.4 Å². The topological polar surface area (TPSA) is 60.0 Å². The first-order valence-corrected chi connectivity index (χ1v) is 10.4. The summed E-state index contributed by atoms with van der Waals surface area (Å²) in [6.45, 7) is 8.67. The summed E-state index contributed by atoms with van der Waals surface area (Å²) in [5.74, 6) is 1.66. The average molecular weight is 388 g/mol. The van der Waals surface area contributed by atoms with Crippen LogP contribution in [0.5, 0.6) is 0 Å². The highest BCUT2D eigenvalue weighted by atomic mass is 16.2.